The normalized spacial score (nSPS) is 21.1. The van der Waals surface area contributed by atoms with E-state index in [1.165, 1.54) is 29.2 Å². The van der Waals surface area contributed by atoms with E-state index in [9.17, 15) is 18.0 Å². The van der Waals surface area contributed by atoms with Crippen molar-refractivity contribution in [1.29, 1.82) is 0 Å². The van der Waals surface area contributed by atoms with E-state index in [-0.39, 0.29) is 28.4 Å². The van der Waals surface area contributed by atoms with Crippen LogP contribution in [0.15, 0.2) is 57.2 Å². The number of carbonyl (C=O) groups is 1. The van der Waals surface area contributed by atoms with Crippen molar-refractivity contribution in [1.82, 2.24) is 14.3 Å². The lowest BCUT2D eigenvalue weighted by Crippen LogP contribution is -2.36. The fourth-order valence-electron chi connectivity index (χ4n) is 4.33. The Labute approximate surface area is 191 Å². The molecular weight excluding hydrogens is 459 g/mol. The highest BCUT2D eigenvalue weighted by Gasteiger charge is 2.37. The average Bonchev–Trinajstić information content (AvgIpc) is 3.53. The van der Waals surface area contributed by atoms with Crippen LogP contribution in [0.1, 0.15) is 29.4 Å². The second-order valence-corrected chi connectivity index (χ2v) is 8.52. The summed E-state index contributed by atoms with van der Waals surface area (Å²) < 4.78 is 47.6. The maximum Gasteiger partial charge on any atom is 0.420 e. The molecule has 5 rings (SSSR count). The summed E-state index contributed by atoms with van der Waals surface area (Å²) >= 11 is 6.40. The number of imidazole rings is 1. The van der Waals surface area contributed by atoms with Crippen LogP contribution in [-0.2, 0) is 6.18 Å². The van der Waals surface area contributed by atoms with Crippen LogP contribution in [0, 0.1) is 5.92 Å². The Hall–Kier alpha value is -3.14. The second-order valence-electron chi connectivity index (χ2n) is 8.16. The molecule has 0 radical (unpaired) electrons. The number of furan rings is 1. The molecular formula is C22H19ClF3N5O2. The molecule has 0 aromatic carbocycles. The Kier molecular flexibility index (Phi) is 5.27. The number of pyridine rings is 1. The number of rotatable bonds is 3. The fourth-order valence-corrected chi connectivity index (χ4v) is 4.58. The summed E-state index contributed by atoms with van der Waals surface area (Å²) in [6.45, 7) is 3.39. The van der Waals surface area contributed by atoms with Crippen molar-refractivity contribution in [2.75, 3.05) is 19.6 Å². The zero-order valence-corrected chi connectivity index (χ0v) is 18.3. The monoisotopic (exact) mass is 477 g/mol. The maximum atomic E-state index is 13.8. The van der Waals surface area contributed by atoms with E-state index in [0.29, 0.717) is 31.6 Å². The summed E-state index contributed by atoms with van der Waals surface area (Å²) in [5.74, 6) is -0.275. The molecule has 1 amide bonds. The van der Waals surface area contributed by atoms with Gasteiger partial charge in [0, 0.05) is 36.3 Å². The molecule has 2 unspecified atom stereocenters. The molecule has 0 aliphatic carbocycles. The average molecular weight is 478 g/mol. The Morgan fingerprint density at radius 2 is 2.12 bits per heavy atom. The highest BCUT2D eigenvalue weighted by Crippen LogP contribution is 2.37. The predicted molar refractivity (Wildman–Crippen MR) is 114 cm³/mol. The minimum absolute atomic E-state index is 0.108. The largest absolute Gasteiger partial charge is 0.472 e. The van der Waals surface area contributed by atoms with Crippen molar-refractivity contribution in [3.05, 3.63) is 58.9 Å². The first-order valence-electron chi connectivity index (χ1n) is 10.4. The van der Waals surface area contributed by atoms with E-state index in [1.807, 2.05) is 13.0 Å². The smallest absolute Gasteiger partial charge is 0.420 e. The lowest BCUT2D eigenvalue weighted by atomic mass is 9.89. The first kappa shape index (κ1) is 21.7. The van der Waals surface area contributed by atoms with Crippen LogP contribution >= 0.6 is 11.6 Å². The van der Waals surface area contributed by atoms with Crippen LogP contribution in [0.5, 0.6) is 0 Å². The van der Waals surface area contributed by atoms with Gasteiger partial charge in [-0.2, -0.15) is 23.4 Å². The van der Waals surface area contributed by atoms with Gasteiger partial charge < -0.3 is 9.32 Å². The predicted octanol–water partition coefficient (Wildman–Crippen LogP) is 5.51. The topological polar surface area (TPSA) is 75.5 Å². The summed E-state index contributed by atoms with van der Waals surface area (Å²) in [7, 11) is 0. The van der Waals surface area contributed by atoms with Gasteiger partial charge in [0.2, 0.25) is 0 Å². The molecule has 0 N–H and O–H groups in total. The number of carbonyl (C=O) groups excluding carboxylic acids is 1. The quantitative estimate of drug-likeness (QED) is 0.467. The molecule has 2 aliphatic heterocycles. The first-order valence-corrected chi connectivity index (χ1v) is 10.8. The molecule has 0 bridgehead atoms. The molecule has 11 heteroatoms. The first-order chi connectivity index (χ1) is 15.7. The molecule has 172 valence electrons. The van der Waals surface area contributed by atoms with E-state index in [1.54, 1.807) is 6.07 Å². The summed E-state index contributed by atoms with van der Waals surface area (Å²) in [5, 5.41) is 8.08. The number of amides is 1. The lowest BCUT2D eigenvalue weighted by Gasteiger charge is -2.28. The van der Waals surface area contributed by atoms with E-state index in [2.05, 4.69) is 15.2 Å². The van der Waals surface area contributed by atoms with E-state index in [4.69, 9.17) is 16.0 Å². The van der Waals surface area contributed by atoms with Gasteiger partial charge in [0.25, 0.3) is 5.91 Å². The summed E-state index contributed by atoms with van der Waals surface area (Å²) in [6, 6.07) is 2.63. The van der Waals surface area contributed by atoms with Gasteiger partial charge in [0.1, 0.15) is 5.15 Å². The summed E-state index contributed by atoms with van der Waals surface area (Å²) in [6.07, 6.45) is 2.05. The van der Waals surface area contributed by atoms with Gasteiger partial charge in [0.05, 0.1) is 30.7 Å². The van der Waals surface area contributed by atoms with Crippen LogP contribution < -0.4 is 0 Å². The Bertz CT molecular complexity index is 1280. The highest BCUT2D eigenvalue weighted by atomic mass is 35.5. The lowest BCUT2D eigenvalue weighted by molar-refractivity contribution is -0.136. The van der Waals surface area contributed by atoms with Crippen molar-refractivity contribution in [2.24, 2.45) is 16.1 Å². The molecule has 0 saturated carbocycles. The molecule has 3 aromatic heterocycles. The Morgan fingerprint density at radius 1 is 1.30 bits per heavy atom. The molecule has 2 atom stereocenters. The van der Waals surface area contributed by atoms with Crippen molar-refractivity contribution in [2.45, 2.75) is 25.6 Å². The SMILES string of the molecule is CC1N=NCC1C1=CCN(C(=O)c2nc3c(C(F)(F)F)cc(-c4ccoc4)cn3c2Cl)CC1. The fraction of sp³-hybridized carbons (Fsp3) is 0.364. The zero-order valence-electron chi connectivity index (χ0n) is 17.5. The molecule has 2 aliphatic rings. The number of hydrogen-bond donors (Lipinski definition) is 0. The number of azo groups is 1. The zero-order chi connectivity index (χ0) is 23.3. The van der Waals surface area contributed by atoms with Crippen LogP contribution in [0.4, 0.5) is 13.2 Å². The van der Waals surface area contributed by atoms with Crippen LogP contribution in [-0.4, -0.2) is 45.9 Å². The highest BCUT2D eigenvalue weighted by molar-refractivity contribution is 6.33. The van der Waals surface area contributed by atoms with Gasteiger partial charge in [-0.1, -0.05) is 23.3 Å². The van der Waals surface area contributed by atoms with Gasteiger partial charge >= 0.3 is 6.18 Å². The molecule has 0 spiro atoms. The molecule has 7 nitrogen and oxygen atoms in total. The van der Waals surface area contributed by atoms with E-state index >= 15 is 0 Å². The molecule has 33 heavy (non-hydrogen) atoms. The van der Waals surface area contributed by atoms with Crippen molar-refractivity contribution >= 4 is 23.2 Å². The summed E-state index contributed by atoms with van der Waals surface area (Å²) in [5.41, 5.74) is 0.289. The minimum Gasteiger partial charge on any atom is -0.472 e. The summed E-state index contributed by atoms with van der Waals surface area (Å²) in [4.78, 5) is 18.7. The molecule has 0 saturated heterocycles. The standard InChI is InChI=1S/C22H19ClF3N5O2/c1-12-16(9-27-29-12)13-2-5-30(6-3-13)21(32)18-19(23)31-10-15(14-4-7-33-11-14)8-17(20(31)28-18)22(24,25)26/h2,4,7-8,10-12,16H,3,5-6,9H2,1H3. The maximum absolute atomic E-state index is 13.8. The van der Waals surface area contributed by atoms with E-state index in [0.717, 1.165) is 10.5 Å². The molecule has 3 aromatic rings. The van der Waals surface area contributed by atoms with Crippen LogP contribution in [0.2, 0.25) is 5.15 Å². The minimum atomic E-state index is -4.69. The number of hydrogen-bond acceptors (Lipinski definition) is 5. The third-order valence-electron chi connectivity index (χ3n) is 6.16. The van der Waals surface area contributed by atoms with Gasteiger partial charge in [-0.15, -0.1) is 0 Å². The van der Waals surface area contributed by atoms with Gasteiger partial charge in [-0.25, -0.2) is 4.98 Å². The number of alkyl halides is 3. The third kappa shape index (κ3) is 3.82. The number of aromatic nitrogens is 2. The van der Waals surface area contributed by atoms with Crippen LogP contribution in [0.3, 0.4) is 0 Å². The Morgan fingerprint density at radius 3 is 2.73 bits per heavy atom. The number of nitrogens with zero attached hydrogens (tertiary/aromatic N) is 5. The van der Waals surface area contributed by atoms with Gasteiger partial charge in [0.15, 0.2) is 11.3 Å². The molecule has 5 heterocycles. The second kappa shape index (κ2) is 8.02. The van der Waals surface area contributed by atoms with E-state index < -0.39 is 23.3 Å². The Balaban J connectivity index is 1.49. The van der Waals surface area contributed by atoms with Crippen molar-refractivity contribution in [3.63, 3.8) is 0 Å². The van der Waals surface area contributed by atoms with Gasteiger partial charge in [-0.05, 0) is 25.5 Å². The van der Waals surface area contributed by atoms with Crippen LogP contribution in [0.25, 0.3) is 16.8 Å². The van der Waals surface area contributed by atoms with Gasteiger partial charge in [-0.3, -0.25) is 9.20 Å². The van der Waals surface area contributed by atoms with Crippen molar-refractivity contribution < 1.29 is 22.4 Å². The molecule has 0 fully saturated rings. The van der Waals surface area contributed by atoms with Crippen molar-refractivity contribution in [3.8, 4) is 11.1 Å². The number of fused-ring (bicyclic) bond motifs is 1. The third-order valence-corrected chi connectivity index (χ3v) is 6.52. The number of halogens is 4.